The number of aromatic amines is 1. The number of hydrogen-bond donors (Lipinski definition) is 2. The van der Waals surface area contributed by atoms with Crippen molar-refractivity contribution in [3.8, 4) is 17.3 Å². The van der Waals surface area contributed by atoms with E-state index >= 15 is 0 Å². The minimum atomic E-state index is -3.89. The minimum Gasteiger partial charge on any atom is -0.360 e. The molecule has 5 nitrogen and oxygen atoms in total. The second-order valence-corrected chi connectivity index (χ2v) is 7.23. The van der Waals surface area contributed by atoms with Crippen molar-refractivity contribution in [1.29, 1.82) is 5.26 Å². The highest BCUT2D eigenvalue weighted by atomic mass is 35.5. The lowest BCUT2D eigenvalue weighted by atomic mass is 10.1. The summed E-state index contributed by atoms with van der Waals surface area (Å²) in [6.07, 6.45) is 1.27. The first-order valence-electron chi connectivity index (χ1n) is 7.06. The predicted molar refractivity (Wildman–Crippen MR) is 93.2 cm³/mol. The fourth-order valence-corrected chi connectivity index (χ4v) is 3.51. The van der Waals surface area contributed by atoms with Gasteiger partial charge in [0.25, 0.3) is 10.0 Å². The van der Waals surface area contributed by atoms with Crippen LogP contribution in [0.2, 0.25) is 5.02 Å². The van der Waals surface area contributed by atoms with Crippen LogP contribution in [0.1, 0.15) is 5.56 Å². The summed E-state index contributed by atoms with van der Waals surface area (Å²) in [6.45, 7) is 0. The van der Waals surface area contributed by atoms with Gasteiger partial charge in [-0.15, -0.1) is 0 Å². The van der Waals surface area contributed by atoms with Crippen LogP contribution < -0.4 is 4.72 Å². The van der Waals surface area contributed by atoms with Gasteiger partial charge < -0.3 is 4.98 Å². The number of nitrogens with zero attached hydrogens (tertiary/aromatic N) is 1. The van der Waals surface area contributed by atoms with Crippen LogP contribution in [0.15, 0.2) is 59.6 Å². The standard InChI is InChI=1S/C17H11ClFN3O2S/c18-15-7-12(6-5-11(15)9-20)22-25(23,24)13-8-17(21-10-13)14-3-1-2-4-16(14)19/h1-8,10,21-22H. The van der Waals surface area contributed by atoms with Gasteiger partial charge in [0.1, 0.15) is 16.8 Å². The number of anilines is 1. The molecule has 0 aliphatic carbocycles. The molecule has 0 unspecified atom stereocenters. The van der Waals surface area contributed by atoms with Crippen molar-refractivity contribution in [2.75, 3.05) is 4.72 Å². The van der Waals surface area contributed by atoms with Gasteiger partial charge >= 0.3 is 0 Å². The number of hydrogen-bond acceptors (Lipinski definition) is 3. The van der Waals surface area contributed by atoms with Crippen LogP contribution in [-0.2, 0) is 10.0 Å². The van der Waals surface area contributed by atoms with Crippen LogP contribution in [0.3, 0.4) is 0 Å². The molecule has 0 amide bonds. The molecule has 3 aromatic rings. The summed E-state index contributed by atoms with van der Waals surface area (Å²) in [7, 11) is -3.89. The molecular formula is C17H11ClFN3O2S. The normalized spacial score (nSPS) is 11.1. The van der Waals surface area contributed by atoms with Crippen LogP contribution in [0.5, 0.6) is 0 Å². The second kappa shape index (κ2) is 6.59. The van der Waals surface area contributed by atoms with Crippen molar-refractivity contribution in [2.45, 2.75) is 4.90 Å². The lowest BCUT2D eigenvalue weighted by Crippen LogP contribution is -2.12. The molecule has 0 spiro atoms. The smallest absolute Gasteiger partial charge is 0.263 e. The maximum absolute atomic E-state index is 13.8. The molecule has 0 radical (unpaired) electrons. The van der Waals surface area contributed by atoms with Crippen molar-refractivity contribution in [2.24, 2.45) is 0 Å². The molecule has 0 aliphatic heterocycles. The van der Waals surface area contributed by atoms with E-state index in [1.807, 2.05) is 6.07 Å². The van der Waals surface area contributed by atoms with Crippen molar-refractivity contribution < 1.29 is 12.8 Å². The molecule has 0 saturated heterocycles. The zero-order valence-electron chi connectivity index (χ0n) is 12.6. The Balaban J connectivity index is 1.90. The number of nitriles is 1. The van der Waals surface area contributed by atoms with Gasteiger partial charge in [-0.3, -0.25) is 4.72 Å². The van der Waals surface area contributed by atoms with E-state index in [1.165, 1.54) is 36.5 Å². The third kappa shape index (κ3) is 3.50. The van der Waals surface area contributed by atoms with E-state index in [1.54, 1.807) is 18.2 Å². The van der Waals surface area contributed by atoms with Crippen LogP contribution in [0.25, 0.3) is 11.3 Å². The Kier molecular flexibility index (Phi) is 4.49. The fourth-order valence-electron chi connectivity index (χ4n) is 2.25. The largest absolute Gasteiger partial charge is 0.360 e. The van der Waals surface area contributed by atoms with Gasteiger partial charge in [0, 0.05) is 17.5 Å². The summed E-state index contributed by atoms with van der Waals surface area (Å²) in [5.41, 5.74) is 1.08. The van der Waals surface area contributed by atoms with Crippen LogP contribution >= 0.6 is 11.6 Å². The zero-order valence-corrected chi connectivity index (χ0v) is 14.2. The van der Waals surface area contributed by atoms with E-state index in [0.717, 1.165) is 0 Å². The quantitative estimate of drug-likeness (QED) is 0.718. The first-order valence-corrected chi connectivity index (χ1v) is 8.92. The van der Waals surface area contributed by atoms with Gasteiger partial charge in [0.2, 0.25) is 0 Å². The highest BCUT2D eigenvalue weighted by molar-refractivity contribution is 7.92. The maximum Gasteiger partial charge on any atom is 0.263 e. The van der Waals surface area contributed by atoms with Gasteiger partial charge in [-0.05, 0) is 36.4 Å². The first kappa shape index (κ1) is 17.0. The Morgan fingerprint density at radius 2 is 1.92 bits per heavy atom. The monoisotopic (exact) mass is 375 g/mol. The Labute approximate surface area is 148 Å². The molecule has 0 saturated carbocycles. The zero-order chi connectivity index (χ0) is 18.0. The average molecular weight is 376 g/mol. The molecule has 25 heavy (non-hydrogen) atoms. The number of halogens is 2. The van der Waals surface area contributed by atoms with Crippen molar-refractivity contribution in [3.63, 3.8) is 0 Å². The summed E-state index contributed by atoms with van der Waals surface area (Å²) in [5, 5.41) is 8.99. The van der Waals surface area contributed by atoms with Crippen LogP contribution in [0.4, 0.5) is 10.1 Å². The van der Waals surface area contributed by atoms with E-state index in [4.69, 9.17) is 16.9 Å². The van der Waals surface area contributed by atoms with Gasteiger partial charge in [0.05, 0.1) is 16.3 Å². The average Bonchev–Trinajstić information content (AvgIpc) is 3.06. The second-order valence-electron chi connectivity index (χ2n) is 5.14. The molecule has 1 aromatic heterocycles. The number of rotatable bonds is 4. The van der Waals surface area contributed by atoms with Gasteiger partial charge in [-0.25, -0.2) is 12.8 Å². The SMILES string of the molecule is N#Cc1ccc(NS(=O)(=O)c2c[nH]c(-c3ccccc3F)c2)cc1Cl. The molecule has 0 fully saturated rings. The van der Waals surface area contributed by atoms with E-state index in [0.29, 0.717) is 5.69 Å². The fraction of sp³-hybridized carbons (Fsp3) is 0. The molecule has 126 valence electrons. The number of nitrogens with one attached hydrogen (secondary N) is 2. The van der Waals surface area contributed by atoms with Gasteiger partial charge in [0.15, 0.2) is 0 Å². The molecule has 0 atom stereocenters. The number of H-pyrrole nitrogens is 1. The van der Waals surface area contributed by atoms with E-state index in [-0.39, 0.29) is 26.7 Å². The molecule has 2 aromatic carbocycles. The number of sulfonamides is 1. The molecule has 0 bridgehead atoms. The van der Waals surface area contributed by atoms with Gasteiger partial charge in [-0.1, -0.05) is 23.7 Å². The maximum atomic E-state index is 13.8. The molecule has 0 aliphatic rings. The van der Waals surface area contributed by atoms with Crippen molar-refractivity contribution in [1.82, 2.24) is 4.98 Å². The lowest BCUT2D eigenvalue weighted by molar-refractivity contribution is 0.601. The summed E-state index contributed by atoms with van der Waals surface area (Å²) in [5.74, 6) is -0.458. The van der Waals surface area contributed by atoms with Crippen LogP contribution in [0, 0.1) is 17.1 Å². The highest BCUT2D eigenvalue weighted by Gasteiger charge is 2.18. The Morgan fingerprint density at radius 3 is 2.60 bits per heavy atom. The third-order valence-corrected chi connectivity index (χ3v) is 5.15. The highest BCUT2D eigenvalue weighted by Crippen LogP contribution is 2.26. The number of benzene rings is 2. The first-order chi connectivity index (χ1) is 11.9. The Morgan fingerprint density at radius 1 is 1.16 bits per heavy atom. The van der Waals surface area contributed by atoms with Crippen molar-refractivity contribution >= 4 is 27.3 Å². The van der Waals surface area contributed by atoms with E-state index in [9.17, 15) is 12.8 Å². The third-order valence-electron chi connectivity index (χ3n) is 3.47. The Hall–Kier alpha value is -2.82. The topological polar surface area (TPSA) is 85.8 Å². The predicted octanol–water partition coefficient (Wildman–Crippen LogP) is 4.15. The summed E-state index contributed by atoms with van der Waals surface area (Å²) in [4.78, 5) is 2.71. The van der Waals surface area contributed by atoms with E-state index in [2.05, 4.69) is 9.71 Å². The number of aromatic nitrogens is 1. The summed E-state index contributed by atoms with van der Waals surface area (Å²) in [6, 6.07) is 13.5. The van der Waals surface area contributed by atoms with E-state index < -0.39 is 15.8 Å². The van der Waals surface area contributed by atoms with Crippen molar-refractivity contribution in [3.05, 3.63) is 71.1 Å². The molecular weight excluding hydrogens is 365 g/mol. The lowest BCUT2D eigenvalue weighted by Gasteiger charge is -2.07. The molecule has 8 heteroatoms. The van der Waals surface area contributed by atoms with Gasteiger partial charge in [-0.2, -0.15) is 5.26 Å². The summed E-state index contributed by atoms with van der Waals surface area (Å²) >= 11 is 5.90. The Bertz CT molecular complexity index is 1090. The molecule has 2 N–H and O–H groups in total. The van der Waals surface area contributed by atoms with Crippen LogP contribution in [-0.4, -0.2) is 13.4 Å². The molecule has 3 rings (SSSR count). The summed E-state index contributed by atoms with van der Waals surface area (Å²) < 4.78 is 41.1. The molecule has 1 heterocycles. The minimum absolute atomic E-state index is 0.0498.